The smallest absolute Gasteiger partial charge is 0.201 e. The van der Waals surface area contributed by atoms with Crippen LogP contribution in [0.4, 0.5) is 13.2 Å². The minimum absolute atomic E-state index is 0.0708. The van der Waals surface area contributed by atoms with Crippen LogP contribution in [-0.2, 0) is 4.74 Å². The quantitative estimate of drug-likeness (QED) is 0.207. The Morgan fingerprint density at radius 2 is 1.61 bits per heavy atom. The normalized spacial score (nSPS) is 17.7. The van der Waals surface area contributed by atoms with E-state index in [0.717, 1.165) is 44.1 Å². The number of ether oxygens (including phenoxy) is 2. The zero-order valence-electron chi connectivity index (χ0n) is 20.7. The molecule has 2 nitrogen and oxygen atoms in total. The van der Waals surface area contributed by atoms with Gasteiger partial charge in [-0.1, -0.05) is 68.7 Å². The van der Waals surface area contributed by atoms with Gasteiger partial charge in [0.25, 0.3) is 0 Å². The van der Waals surface area contributed by atoms with Gasteiger partial charge in [0.15, 0.2) is 11.6 Å². The monoisotopic (exact) mass is 494 g/mol. The molecule has 0 aromatic heterocycles. The molecule has 4 rings (SSSR count). The van der Waals surface area contributed by atoms with Gasteiger partial charge in [0.1, 0.15) is 5.82 Å². The van der Waals surface area contributed by atoms with Gasteiger partial charge in [-0.15, -0.1) is 6.58 Å². The lowest BCUT2D eigenvalue weighted by atomic mass is 9.90. The van der Waals surface area contributed by atoms with Crippen molar-refractivity contribution in [2.24, 2.45) is 0 Å². The Bertz CT molecular complexity index is 1170. The minimum Gasteiger partial charge on any atom is -0.490 e. The number of halogens is 3. The molecule has 0 aliphatic carbocycles. The first kappa shape index (κ1) is 26.0. The molecule has 190 valence electrons. The van der Waals surface area contributed by atoms with E-state index < -0.39 is 11.6 Å². The van der Waals surface area contributed by atoms with Crippen molar-refractivity contribution in [3.63, 3.8) is 0 Å². The number of rotatable bonds is 10. The fourth-order valence-corrected chi connectivity index (χ4v) is 4.65. The van der Waals surface area contributed by atoms with E-state index in [-0.39, 0.29) is 29.2 Å². The third kappa shape index (κ3) is 6.01. The second kappa shape index (κ2) is 12.3. The topological polar surface area (TPSA) is 18.5 Å². The Kier molecular flexibility index (Phi) is 8.87. The first-order valence-corrected chi connectivity index (χ1v) is 12.8. The maximum Gasteiger partial charge on any atom is 0.201 e. The van der Waals surface area contributed by atoms with Crippen LogP contribution in [0.1, 0.15) is 56.9 Å². The van der Waals surface area contributed by atoms with E-state index in [1.165, 1.54) is 12.1 Å². The van der Waals surface area contributed by atoms with Crippen molar-refractivity contribution in [3.8, 4) is 28.0 Å². The average molecular weight is 495 g/mol. The van der Waals surface area contributed by atoms with Crippen molar-refractivity contribution in [1.29, 1.82) is 0 Å². The van der Waals surface area contributed by atoms with Crippen LogP contribution < -0.4 is 4.74 Å². The molecule has 3 aromatic rings. The highest BCUT2D eigenvalue weighted by atomic mass is 19.2. The lowest BCUT2D eigenvalue weighted by Gasteiger charge is -2.27. The van der Waals surface area contributed by atoms with Gasteiger partial charge >= 0.3 is 0 Å². The van der Waals surface area contributed by atoms with Gasteiger partial charge in [-0.3, -0.25) is 0 Å². The van der Waals surface area contributed by atoms with Crippen molar-refractivity contribution in [1.82, 2.24) is 0 Å². The van der Waals surface area contributed by atoms with E-state index >= 15 is 4.39 Å². The zero-order chi connectivity index (χ0) is 25.5. The van der Waals surface area contributed by atoms with Crippen LogP contribution in [0.5, 0.6) is 5.75 Å². The largest absolute Gasteiger partial charge is 0.490 e. The van der Waals surface area contributed by atoms with Gasteiger partial charge in [0.05, 0.1) is 19.3 Å². The van der Waals surface area contributed by atoms with Gasteiger partial charge in [-0.25, -0.2) is 8.78 Å². The zero-order valence-corrected chi connectivity index (χ0v) is 20.7. The Morgan fingerprint density at radius 3 is 2.25 bits per heavy atom. The highest BCUT2D eigenvalue weighted by molar-refractivity contribution is 5.71. The summed E-state index contributed by atoms with van der Waals surface area (Å²) in [5.74, 6) is -2.16. The summed E-state index contributed by atoms with van der Waals surface area (Å²) in [5, 5.41) is 0. The number of hydrogen-bond donors (Lipinski definition) is 0. The average Bonchev–Trinajstić information content (AvgIpc) is 2.91. The molecule has 3 aromatic carbocycles. The third-order valence-corrected chi connectivity index (χ3v) is 6.85. The molecule has 36 heavy (non-hydrogen) atoms. The predicted octanol–water partition coefficient (Wildman–Crippen LogP) is 8.85. The van der Waals surface area contributed by atoms with Crippen LogP contribution in [0.3, 0.4) is 0 Å². The Balaban J connectivity index is 1.45. The van der Waals surface area contributed by atoms with Crippen LogP contribution in [0, 0.1) is 17.5 Å². The molecule has 0 amide bonds. The molecule has 2 unspecified atom stereocenters. The molecule has 1 heterocycles. The van der Waals surface area contributed by atoms with Crippen molar-refractivity contribution in [3.05, 3.63) is 90.3 Å². The van der Waals surface area contributed by atoms with Crippen molar-refractivity contribution >= 4 is 0 Å². The van der Waals surface area contributed by atoms with Gasteiger partial charge in [0.2, 0.25) is 5.82 Å². The van der Waals surface area contributed by atoms with E-state index in [4.69, 9.17) is 9.47 Å². The van der Waals surface area contributed by atoms with E-state index in [1.807, 2.05) is 12.1 Å². The van der Waals surface area contributed by atoms with Gasteiger partial charge in [0, 0.05) is 17.0 Å². The summed E-state index contributed by atoms with van der Waals surface area (Å²) in [4.78, 5) is 0. The van der Waals surface area contributed by atoms with Crippen molar-refractivity contribution < 1.29 is 22.6 Å². The van der Waals surface area contributed by atoms with Gasteiger partial charge < -0.3 is 9.47 Å². The van der Waals surface area contributed by atoms with Crippen molar-refractivity contribution in [2.75, 3.05) is 13.2 Å². The molecule has 0 spiro atoms. The molecule has 1 aliphatic rings. The molecular formula is C31H33F3O2. The minimum atomic E-state index is -0.986. The summed E-state index contributed by atoms with van der Waals surface area (Å²) in [5.41, 5.74) is 2.70. The number of unbranched alkanes of at least 4 members (excludes halogenated alkanes) is 3. The van der Waals surface area contributed by atoms with Crippen LogP contribution in [-0.4, -0.2) is 19.3 Å². The lowest BCUT2D eigenvalue weighted by Crippen LogP contribution is -2.23. The molecule has 1 saturated heterocycles. The summed E-state index contributed by atoms with van der Waals surface area (Å²) in [7, 11) is 0. The lowest BCUT2D eigenvalue weighted by molar-refractivity contribution is 0.0328. The Morgan fingerprint density at radius 1 is 0.889 bits per heavy atom. The second-order valence-electron chi connectivity index (χ2n) is 9.35. The van der Waals surface area contributed by atoms with Crippen molar-refractivity contribution in [2.45, 2.75) is 57.5 Å². The predicted molar refractivity (Wildman–Crippen MR) is 139 cm³/mol. The van der Waals surface area contributed by atoms with Crippen LogP contribution in [0.15, 0.2) is 67.3 Å². The summed E-state index contributed by atoms with van der Waals surface area (Å²) < 4.78 is 55.6. The maximum absolute atomic E-state index is 15.0. The first-order valence-electron chi connectivity index (χ1n) is 12.8. The SMILES string of the molecule is C=CC1CCC(c2ccc(-c3ccc(-c4ccc(OCCCCCC)c(F)c4F)cc3)c(F)c2)CO1. The summed E-state index contributed by atoms with van der Waals surface area (Å²) >= 11 is 0. The number of benzene rings is 3. The fourth-order valence-electron chi connectivity index (χ4n) is 4.65. The molecule has 2 atom stereocenters. The molecule has 1 aliphatic heterocycles. The van der Waals surface area contributed by atoms with E-state index in [2.05, 4.69) is 13.5 Å². The Hall–Kier alpha value is -3.05. The van der Waals surface area contributed by atoms with Gasteiger partial charge in [-0.2, -0.15) is 4.39 Å². The number of hydrogen-bond acceptors (Lipinski definition) is 2. The first-order chi connectivity index (χ1) is 17.5. The highest BCUT2D eigenvalue weighted by Crippen LogP contribution is 2.34. The summed E-state index contributed by atoms with van der Waals surface area (Å²) in [6.45, 7) is 6.79. The van der Waals surface area contributed by atoms with Gasteiger partial charge in [-0.05, 0) is 54.2 Å². The second-order valence-corrected chi connectivity index (χ2v) is 9.35. The van der Waals surface area contributed by atoms with Crippen LogP contribution in [0.2, 0.25) is 0 Å². The molecule has 0 radical (unpaired) electrons. The molecule has 0 bridgehead atoms. The standard InChI is InChI=1S/C31H33F3O2/c1-3-5-6-7-18-35-29-17-16-27(30(33)31(29)34)22-10-8-21(9-11-22)26-15-13-23(19-28(26)32)24-12-14-25(4-2)36-20-24/h4,8-11,13,15-17,19,24-25H,2-3,5-7,12,14,18,20H2,1H3. The summed E-state index contributed by atoms with van der Waals surface area (Å²) in [6.07, 6.45) is 7.68. The van der Waals surface area contributed by atoms with E-state index in [9.17, 15) is 8.78 Å². The molecule has 0 N–H and O–H groups in total. The highest BCUT2D eigenvalue weighted by Gasteiger charge is 2.22. The summed E-state index contributed by atoms with van der Waals surface area (Å²) in [6, 6.07) is 15.1. The molecule has 5 heteroatoms. The molecule has 1 fully saturated rings. The molecule has 0 saturated carbocycles. The van der Waals surface area contributed by atoms with Crippen LogP contribution in [0.25, 0.3) is 22.3 Å². The van der Waals surface area contributed by atoms with E-state index in [0.29, 0.717) is 29.9 Å². The maximum atomic E-state index is 15.0. The van der Waals surface area contributed by atoms with E-state index in [1.54, 1.807) is 36.4 Å². The third-order valence-electron chi connectivity index (χ3n) is 6.85. The Labute approximate surface area is 211 Å². The fraction of sp³-hybridized carbons (Fsp3) is 0.355. The van der Waals surface area contributed by atoms with Crippen LogP contribution >= 0.6 is 0 Å². The molecular weight excluding hydrogens is 461 g/mol.